The highest BCUT2D eigenvalue weighted by atomic mass is 79.9. The van der Waals surface area contributed by atoms with Crippen molar-refractivity contribution in [2.24, 2.45) is 0 Å². The maximum atomic E-state index is 10.1. The Labute approximate surface area is 104 Å². The lowest BCUT2D eigenvalue weighted by molar-refractivity contribution is 0.218. The third-order valence-electron chi connectivity index (χ3n) is 2.11. The van der Waals surface area contributed by atoms with Crippen LogP contribution in [0.5, 0.6) is 0 Å². The Bertz CT molecular complexity index is 452. The Kier molecular flexibility index (Phi) is 3.29. The SMILES string of the molecule is OC(c1ccoc1)c1cc(Br)ccc1Br. The largest absolute Gasteiger partial charge is 0.472 e. The highest BCUT2D eigenvalue weighted by Crippen LogP contribution is 2.30. The van der Waals surface area contributed by atoms with Crippen molar-refractivity contribution in [2.45, 2.75) is 6.10 Å². The molecule has 2 aromatic rings. The second kappa shape index (κ2) is 4.51. The minimum Gasteiger partial charge on any atom is -0.472 e. The quantitative estimate of drug-likeness (QED) is 0.905. The van der Waals surface area contributed by atoms with Gasteiger partial charge >= 0.3 is 0 Å². The van der Waals surface area contributed by atoms with Gasteiger partial charge in [0.2, 0.25) is 0 Å². The Hall–Kier alpha value is -0.580. The summed E-state index contributed by atoms with van der Waals surface area (Å²) in [5.41, 5.74) is 1.56. The molecule has 15 heavy (non-hydrogen) atoms. The lowest BCUT2D eigenvalue weighted by Gasteiger charge is -2.11. The van der Waals surface area contributed by atoms with Crippen LogP contribution in [-0.4, -0.2) is 5.11 Å². The maximum Gasteiger partial charge on any atom is 0.108 e. The second-order valence-electron chi connectivity index (χ2n) is 3.13. The van der Waals surface area contributed by atoms with Gasteiger partial charge in [0, 0.05) is 20.1 Å². The third-order valence-corrected chi connectivity index (χ3v) is 3.33. The second-order valence-corrected chi connectivity index (χ2v) is 4.90. The van der Waals surface area contributed by atoms with E-state index in [-0.39, 0.29) is 0 Å². The number of halogens is 2. The smallest absolute Gasteiger partial charge is 0.108 e. The van der Waals surface area contributed by atoms with Gasteiger partial charge in [-0.3, -0.25) is 0 Å². The molecule has 0 aliphatic carbocycles. The molecule has 0 saturated heterocycles. The van der Waals surface area contributed by atoms with Crippen LogP contribution in [0.3, 0.4) is 0 Å². The molecule has 1 atom stereocenters. The molecule has 1 heterocycles. The highest BCUT2D eigenvalue weighted by molar-refractivity contribution is 9.11. The average Bonchev–Trinajstić information content (AvgIpc) is 2.74. The number of rotatable bonds is 2. The van der Waals surface area contributed by atoms with Gasteiger partial charge in [0.25, 0.3) is 0 Å². The summed E-state index contributed by atoms with van der Waals surface area (Å²) in [7, 11) is 0. The van der Waals surface area contributed by atoms with Crippen molar-refractivity contribution < 1.29 is 9.52 Å². The van der Waals surface area contributed by atoms with Gasteiger partial charge in [-0.15, -0.1) is 0 Å². The molecule has 0 aliphatic rings. The molecule has 0 amide bonds. The van der Waals surface area contributed by atoms with Crippen molar-refractivity contribution in [3.63, 3.8) is 0 Å². The van der Waals surface area contributed by atoms with E-state index < -0.39 is 6.10 Å². The molecule has 0 fully saturated rings. The topological polar surface area (TPSA) is 33.4 Å². The molecule has 78 valence electrons. The molecular formula is C11H8Br2O2. The fraction of sp³-hybridized carbons (Fsp3) is 0.0909. The van der Waals surface area contributed by atoms with Crippen molar-refractivity contribution in [3.05, 3.63) is 56.9 Å². The van der Waals surface area contributed by atoms with E-state index in [4.69, 9.17) is 4.42 Å². The van der Waals surface area contributed by atoms with E-state index in [0.29, 0.717) is 0 Å². The number of hydrogen-bond donors (Lipinski definition) is 1. The van der Waals surface area contributed by atoms with Crippen LogP contribution >= 0.6 is 31.9 Å². The van der Waals surface area contributed by atoms with E-state index in [1.54, 1.807) is 12.3 Å². The summed E-state index contributed by atoms with van der Waals surface area (Å²) in [6.07, 6.45) is 2.42. The van der Waals surface area contributed by atoms with E-state index in [0.717, 1.165) is 20.1 Å². The Morgan fingerprint density at radius 1 is 1.20 bits per heavy atom. The van der Waals surface area contributed by atoms with Crippen LogP contribution in [0, 0.1) is 0 Å². The maximum absolute atomic E-state index is 10.1. The molecule has 2 rings (SSSR count). The lowest BCUT2D eigenvalue weighted by Crippen LogP contribution is -1.99. The van der Waals surface area contributed by atoms with Crippen molar-refractivity contribution in [1.82, 2.24) is 0 Å². The number of aliphatic hydroxyl groups is 1. The first-order valence-electron chi connectivity index (χ1n) is 4.33. The predicted molar refractivity (Wildman–Crippen MR) is 64.6 cm³/mol. The molecule has 0 radical (unpaired) electrons. The minimum absolute atomic E-state index is 0.671. The molecule has 2 nitrogen and oxygen atoms in total. The van der Waals surface area contributed by atoms with Gasteiger partial charge in [-0.2, -0.15) is 0 Å². The summed E-state index contributed by atoms with van der Waals surface area (Å²) in [5, 5.41) is 10.1. The van der Waals surface area contributed by atoms with Crippen LogP contribution in [0.2, 0.25) is 0 Å². The highest BCUT2D eigenvalue weighted by Gasteiger charge is 2.14. The lowest BCUT2D eigenvalue weighted by atomic mass is 10.0. The van der Waals surface area contributed by atoms with E-state index >= 15 is 0 Å². The Morgan fingerprint density at radius 3 is 2.67 bits per heavy atom. The third kappa shape index (κ3) is 2.33. The summed E-state index contributed by atoms with van der Waals surface area (Å²) >= 11 is 6.78. The van der Waals surface area contributed by atoms with Crippen molar-refractivity contribution in [2.75, 3.05) is 0 Å². The van der Waals surface area contributed by atoms with E-state index in [1.165, 1.54) is 6.26 Å². The van der Waals surface area contributed by atoms with Gasteiger partial charge in [-0.05, 0) is 24.3 Å². The van der Waals surface area contributed by atoms with Crippen LogP contribution in [0.15, 0.2) is 50.2 Å². The zero-order chi connectivity index (χ0) is 10.8. The van der Waals surface area contributed by atoms with Crippen LogP contribution in [-0.2, 0) is 0 Å². The molecule has 0 spiro atoms. The van der Waals surface area contributed by atoms with Crippen molar-refractivity contribution >= 4 is 31.9 Å². The van der Waals surface area contributed by atoms with Gasteiger partial charge in [0.15, 0.2) is 0 Å². The fourth-order valence-corrected chi connectivity index (χ4v) is 2.18. The molecule has 0 aliphatic heterocycles. The molecule has 0 saturated carbocycles. The fourth-order valence-electron chi connectivity index (χ4n) is 1.33. The number of benzene rings is 1. The zero-order valence-electron chi connectivity index (χ0n) is 7.65. The van der Waals surface area contributed by atoms with Gasteiger partial charge in [-0.25, -0.2) is 0 Å². The Morgan fingerprint density at radius 2 is 2.00 bits per heavy atom. The normalized spacial score (nSPS) is 12.7. The number of hydrogen-bond acceptors (Lipinski definition) is 2. The van der Waals surface area contributed by atoms with Crippen LogP contribution < -0.4 is 0 Å². The monoisotopic (exact) mass is 330 g/mol. The van der Waals surface area contributed by atoms with Crippen LogP contribution in [0.4, 0.5) is 0 Å². The first-order valence-corrected chi connectivity index (χ1v) is 5.92. The molecule has 1 aromatic heterocycles. The first kappa shape index (κ1) is 10.9. The van der Waals surface area contributed by atoms with Crippen molar-refractivity contribution in [1.29, 1.82) is 0 Å². The van der Waals surface area contributed by atoms with E-state index in [2.05, 4.69) is 31.9 Å². The molecule has 1 N–H and O–H groups in total. The van der Waals surface area contributed by atoms with Gasteiger partial charge in [-0.1, -0.05) is 31.9 Å². The van der Waals surface area contributed by atoms with Crippen LogP contribution in [0.25, 0.3) is 0 Å². The molecule has 1 aromatic carbocycles. The van der Waals surface area contributed by atoms with E-state index in [1.807, 2.05) is 18.2 Å². The molecule has 1 unspecified atom stereocenters. The molecular weight excluding hydrogens is 324 g/mol. The summed E-state index contributed by atoms with van der Waals surface area (Å²) in [6, 6.07) is 7.43. The zero-order valence-corrected chi connectivity index (χ0v) is 10.8. The molecule has 0 bridgehead atoms. The summed E-state index contributed by atoms with van der Waals surface area (Å²) in [6.45, 7) is 0. The number of furan rings is 1. The summed E-state index contributed by atoms with van der Waals surface area (Å²) in [5.74, 6) is 0. The van der Waals surface area contributed by atoms with E-state index in [9.17, 15) is 5.11 Å². The van der Waals surface area contributed by atoms with Gasteiger partial charge < -0.3 is 9.52 Å². The Balaban J connectivity index is 2.41. The standard InChI is InChI=1S/C11H8Br2O2/c12-8-1-2-10(13)9(5-8)11(14)7-3-4-15-6-7/h1-6,11,14H. The summed E-state index contributed by atoms with van der Waals surface area (Å²) < 4.78 is 6.75. The number of aliphatic hydroxyl groups excluding tert-OH is 1. The van der Waals surface area contributed by atoms with Gasteiger partial charge in [0.05, 0.1) is 12.5 Å². The summed E-state index contributed by atoms with van der Waals surface area (Å²) in [4.78, 5) is 0. The minimum atomic E-state index is -0.671. The predicted octanol–water partition coefficient (Wildman–Crippen LogP) is 3.89. The average molecular weight is 332 g/mol. The van der Waals surface area contributed by atoms with Gasteiger partial charge in [0.1, 0.15) is 6.10 Å². The molecule has 4 heteroatoms. The van der Waals surface area contributed by atoms with Crippen LogP contribution in [0.1, 0.15) is 17.2 Å². The van der Waals surface area contributed by atoms with Crippen molar-refractivity contribution in [3.8, 4) is 0 Å². The first-order chi connectivity index (χ1) is 7.18.